The topological polar surface area (TPSA) is 101 Å². The minimum atomic E-state index is -0.670. The Morgan fingerprint density at radius 3 is 2.79 bits per heavy atom. The lowest BCUT2D eigenvalue weighted by molar-refractivity contribution is -0.136. The molecule has 0 bridgehead atoms. The summed E-state index contributed by atoms with van der Waals surface area (Å²) in [6.07, 6.45) is 1.97. The first-order chi connectivity index (χ1) is 16.5. The Hall–Kier alpha value is -3.56. The van der Waals surface area contributed by atoms with E-state index in [9.17, 15) is 14.4 Å². The third-order valence-corrected chi connectivity index (χ3v) is 6.72. The smallest absolute Gasteiger partial charge is 0.338 e. The SMILES string of the molecule is O=C1CSc2ccc(C(=O)OCC(=O)N3N=C(c4ccc(Cl)cc4)CC3c3ccco3)cc2N1. The molecule has 5 rings (SSSR count). The zero-order valence-electron chi connectivity index (χ0n) is 17.7. The van der Waals surface area contributed by atoms with Crippen molar-refractivity contribution in [1.29, 1.82) is 0 Å². The first-order valence-corrected chi connectivity index (χ1v) is 11.8. The summed E-state index contributed by atoms with van der Waals surface area (Å²) >= 11 is 7.38. The van der Waals surface area contributed by atoms with Gasteiger partial charge in [-0.1, -0.05) is 23.7 Å². The predicted molar refractivity (Wildman–Crippen MR) is 127 cm³/mol. The first kappa shape index (κ1) is 22.2. The largest absolute Gasteiger partial charge is 0.467 e. The molecule has 0 aliphatic carbocycles. The summed E-state index contributed by atoms with van der Waals surface area (Å²) in [7, 11) is 0. The van der Waals surface area contributed by atoms with E-state index in [2.05, 4.69) is 10.4 Å². The number of carbonyl (C=O) groups is 3. The van der Waals surface area contributed by atoms with Gasteiger partial charge in [-0.05, 0) is 48.0 Å². The van der Waals surface area contributed by atoms with E-state index < -0.39 is 24.5 Å². The van der Waals surface area contributed by atoms with Crippen LogP contribution in [0.4, 0.5) is 5.69 Å². The average molecular weight is 496 g/mol. The van der Waals surface area contributed by atoms with Crippen molar-refractivity contribution in [2.45, 2.75) is 17.4 Å². The number of ether oxygens (including phenoxy) is 1. The first-order valence-electron chi connectivity index (χ1n) is 10.4. The number of thioether (sulfide) groups is 1. The molecule has 0 spiro atoms. The quantitative estimate of drug-likeness (QED) is 0.522. The van der Waals surface area contributed by atoms with Crippen LogP contribution in [0.1, 0.15) is 34.1 Å². The van der Waals surface area contributed by atoms with Gasteiger partial charge < -0.3 is 14.5 Å². The highest BCUT2D eigenvalue weighted by molar-refractivity contribution is 8.00. The van der Waals surface area contributed by atoms with Crippen molar-refractivity contribution in [3.05, 3.63) is 82.8 Å². The molecule has 2 aliphatic heterocycles. The average Bonchev–Trinajstić information content (AvgIpc) is 3.52. The summed E-state index contributed by atoms with van der Waals surface area (Å²) in [6.45, 7) is -0.494. The van der Waals surface area contributed by atoms with Gasteiger partial charge in [0.15, 0.2) is 6.61 Å². The van der Waals surface area contributed by atoms with Crippen LogP contribution in [0.15, 0.2) is 75.3 Å². The number of nitrogens with zero attached hydrogens (tertiary/aromatic N) is 2. The molecule has 1 atom stereocenters. The molecule has 172 valence electrons. The fraction of sp³-hybridized carbons (Fsp3) is 0.167. The van der Waals surface area contributed by atoms with Gasteiger partial charge in [0.05, 0.1) is 29.0 Å². The Balaban J connectivity index is 1.31. The monoisotopic (exact) mass is 495 g/mol. The van der Waals surface area contributed by atoms with Crippen LogP contribution in [-0.4, -0.2) is 40.9 Å². The molecule has 1 unspecified atom stereocenters. The van der Waals surface area contributed by atoms with E-state index >= 15 is 0 Å². The van der Waals surface area contributed by atoms with E-state index in [-0.39, 0.29) is 11.5 Å². The van der Waals surface area contributed by atoms with Gasteiger partial charge in [-0.25, -0.2) is 9.80 Å². The molecular formula is C24H18ClN3O5S. The number of hydrogen-bond donors (Lipinski definition) is 1. The maximum absolute atomic E-state index is 13.0. The van der Waals surface area contributed by atoms with Crippen molar-refractivity contribution < 1.29 is 23.5 Å². The van der Waals surface area contributed by atoms with Crippen molar-refractivity contribution in [1.82, 2.24) is 5.01 Å². The number of nitrogens with one attached hydrogen (secondary N) is 1. The van der Waals surface area contributed by atoms with Crippen LogP contribution in [0, 0.1) is 0 Å². The number of esters is 1. The predicted octanol–water partition coefficient (Wildman–Crippen LogP) is 4.51. The molecule has 0 saturated heterocycles. The Labute approximate surface area is 203 Å². The van der Waals surface area contributed by atoms with Gasteiger partial charge in [0.1, 0.15) is 11.8 Å². The molecule has 0 fully saturated rings. The summed E-state index contributed by atoms with van der Waals surface area (Å²) in [4.78, 5) is 38.1. The fourth-order valence-electron chi connectivity index (χ4n) is 3.75. The zero-order chi connectivity index (χ0) is 23.7. The second kappa shape index (κ2) is 9.36. The van der Waals surface area contributed by atoms with Gasteiger partial charge >= 0.3 is 5.97 Å². The number of hydrogen-bond acceptors (Lipinski definition) is 7. The van der Waals surface area contributed by atoms with Gasteiger partial charge in [-0.2, -0.15) is 5.10 Å². The molecule has 2 aromatic carbocycles. The number of furan rings is 1. The van der Waals surface area contributed by atoms with Gasteiger partial charge in [0, 0.05) is 16.3 Å². The summed E-state index contributed by atoms with van der Waals surface area (Å²) in [5, 5.41) is 9.12. The highest BCUT2D eigenvalue weighted by atomic mass is 35.5. The molecule has 3 aromatic rings. The lowest BCUT2D eigenvalue weighted by atomic mass is 10.0. The minimum Gasteiger partial charge on any atom is -0.467 e. The molecule has 3 heterocycles. The lowest BCUT2D eigenvalue weighted by Crippen LogP contribution is -2.31. The third-order valence-electron chi connectivity index (χ3n) is 5.39. The zero-order valence-corrected chi connectivity index (χ0v) is 19.3. The number of fused-ring (bicyclic) bond motifs is 1. The van der Waals surface area contributed by atoms with Crippen molar-refractivity contribution >= 4 is 52.5 Å². The van der Waals surface area contributed by atoms with E-state index in [0.717, 1.165) is 10.5 Å². The third kappa shape index (κ3) is 4.57. The number of rotatable bonds is 5. The summed E-state index contributed by atoms with van der Waals surface area (Å²) in [5.41, 5.74) is 2.32. The van der Waals surface area contributed by atoms with E-state index in [4.69, 9.17) is 20.8 Å². The Bertz CT molecular complexity index is 1290. The molecule has 0 saturated carbocycles. The molecule has 34 heavy (non-hydrogen) atoms. The van der Waals surface area contributed by atoms with Crippen molar-refractivity contribution in [3.63, 3.8) is 0 Å². The van der Waals surface area contributed by atoms with Crippen LogP contribution in [0.25, 0.3) is 0 Å². The van der Waals surface area contributed by atoms with Crippen LogP contribution in [0.5, 0.6) is 0 Å². The van der Waals surface area contributed by atoms with Gasteiger partial charge in [0.25, 0.3) is 5.91 Å². The van der Waals surface area contributed by atoms with Crippen molar-refractivity contribution in [2.75, 3.05) is 17.7 Å². The molecule has 2 aliphatic rings. The highest BCUT2D eigenvalue weighted by Crippen LogP contribution is 2.34. The van der Waals surface area contributed by atoms with E-state index in [0.29, 0.717) is 34.4 Å². The molecular weight excluding hydrogens is 478 g/mol. The second-order valence-corrected chi connectivity index (χ2v) is 9.10. The number of benzene rings is 2. The van der Waals surface area contributed by atoms with Gasteiger partial charge in [0.2, 0.25) is 5.91 Å². The van der Waals surface area contributed by atoms with Crippen molar-refractivity contribution in [3.8, 4) is 0 Å². The standard InChI is InChI=1S/C24H18ClN3O5S/c25-16-6-3-14(4-7-16)17-11-19(20-2-1-9-32-20)28(27-17)23(30)12-33-24(31)15-5-8-21-18(10-15)26-22(29)13-34-21/h1-10,19H,11-13H2,(H,26,29). The number of amides is 2. The number of halogens is 1. The molecule has 10 heteroatoms. The van der Waals surface area contributed by atoms with Crippen LogP contribution in [0.2, 0.25) is 5.02 Å². The van der Waals surface area contributed by atoms with Gasteiger partial charge in [-0.3, -0.25) is 9.59 Å². The Kier molecular flexibility index (Phi) is 6.12. The van der Waals surface area contributed by atoms with E-state index in [1.165, 1.54) is 23.0 Å². The van der Waals surface area contributed by atoms with Crippen molar-refractivity contribution in [2.24, 2.45) is 5.10 Å². The maximum Gasteiger partial charge on any atom is 0.338 e. The lowest BCUT2D eigenvalue weighted by Gasteiger charge is -2.20. The normalized spacial score (nSPS) is 17.1. The second-order valence-electron chi connectivity index (χ2n) is 7.65. The van der Waals surface area contributed by atoms with Crippen LogP contribution >= 0.6 is 23.4 Å². The van der Waals surface area contributed by atoms with Gasteiger partial charge in [-0.15, -0.1) is 11.8 Å². The molecule has 0 radical (unpaired) electrons. The van der Waals surface area contributed by atoms with Crippen LogP contribution in [-0.2, 0) is 14.3 Å². The highest BCUT2D eigenvalue weighted by Gasteiger charge is 2.35. The number of hydrazone groups is 1. The maximum atomic E-state index is 13.0. The Morgan fingerprint density at radius 2 is 2.03 bits per heavy atom. The van der Waals surface area contributed by atoms with E-state index in [1.807, 2.05) is 12.1 Å². The molecule has 2 amide bonds. The summed E-state index contributed by atoms with van der Waals surface area (Å²) in [5.74, 6) is -0.380. The molecule has 1 N–H and O–H groups in total. The minimum absolute atomic E-state index is 0.134. The van der Waals surface area contributed by atoms with Crippen LogP contribution in [0.3, 0.4) is 0 Å². The van der Waals surface area contributed by atoms with E-state index in [1.54, 1.807) is 42.5 Å². The Morgan fingerprint density at radius 1 is 1.21 bits per heavy atom. The van der Waals surface area contributed by atoms with Crippen LogP contribution < -0.4 is 5.32 Å². The summed E-state index contributed by atoms with van der Waals surface area (Å²) in [6, 6.07) is 15.1. The number of carbonyl (C=O) groups excluding carboxylic acids is 3. The molecule has 1 aromatic heterocycles. The fourth-order valence-corrected chi connectivity index (χ4v) is 4.66. The summed E-state index contributed by atoms with van der Waals surface area (Å²) < 4.78 is 10.8. The molecule has 8 nitrogen and oxygen atoms in total. The number of anilines is 1.